The molecule has 148 valence electrons. The molecule has 0 saturated heterocycles. The quantitative estimate of drug-likeness (QED) is 0.627. The minimum absolute atomic E-state index is 0.0647. The Balaban J connectivity index is 2.14. The second-order valence-electron chi connectivity index (χ2n) is 7.04. The fourth-order valence-electron chi connectivity index (χ4n) is 3.93. The lowest BCUT2D eigenvalue weighted by atomic mass is 9.79. The summed E-state index contributed by atoms with van der Waals surface area (Å²) in [4.78, 5) is 27.0. The van der Waals surface area contributed by atoms with Crippen LogP contribution >= 0.6 is 11.6 Å². The van der Waals surface area contributed by atoms with Gasteiger partial charge in [0.05, 0.1) is 6.04 Å². The number of halogens is 2. The summed E-state index contributed by atoms with van der Waals surface area (Å²) in [5, 5.41) is 10.1. The number of carboxylic acids is 1. The Morgan fingerprint density at radius 1 is 1.14 bits per heavy atom. The molecule has 1 N–H and O–H groups in total. The third kappa shape index (κ3) is 3.76. The van der Waals surface area contributed by atoms with Crippen LogP contribution < -0.4 is 0 Å². The topological polar surface area (TPSA) is 57.6 Å². The molecule has 0 aliphatic carbocycles. The van der Waals surface area contributed by atoms with Gasteiger partial charge in [-0.15, -0.1) is 0 Å². The summed E-state index contributed by atoms with van der Waals surface area (Å²) >= 11 is 6.29. The Hall–Kier alpha value is -2.40. The van der Waals surface area contributed by atoms with Gasteiger partial charge in [0.1, 0.15) is 11.7 Å². The number of carbonyl (C=O) groups is 2. The van der Waals surface area contributed by atoms with Gasteiger partial charge in [0, 0.05) is 22.7 Å². The fraction of sp³-hybridized carbons (Fsp3) is 0.364. The van der Waals surface area contributed by atoms with Crippen LogP contribution in [0.4, 0.5) is 4.39 Å². The molecule has 1 heterocycles. The van der Waals surface area contributed by atoms with Gasteiger partial charge in [-0.25, -0.2) is 4.39 Å². The number of hydrogen-bond acceptors (Lipinski definition) is 2. The van der Waals surface area contributed by atoms with Crippen LogP contribution in [0.3, 0.4) is 0 Å². The van der Waals surface area contributed by atoms with Crippen LogP contribution in [-0.2, 0) is 4.79 Å². The Morgan fingerprint density at radius 2 is 1.89 bits per heavy atom. The monoisotopic (exact) mass is 403 g/mol. The second kappa shape index (κ2) is 8.74. The molecule has 1 aliphatic heterocycles. The van der Waals surface area contributed by atoms with E-state index in [1.54, 1.807) is 24.3 Å². The van der Waals surface area contributed by atoms with Gasteiger partial charge >= 0.3 is 5.97 Å². The first-order chi connectivity index (χ1) is 13.5. The molecule has 0 aromatic heterocycles. The summed E-state index contributed by atoms with van der Waals surface area (Å²) in [5.41, 5.74) is 0.818. The van der Waals surface area contributed by atoms with Crippen LogP contribution in [0.5, 0.6) is 0 Å². The van der Waals surface area contributed by atoms with Crippen LogP contribution in [0.25, 0.3) is 0 Å². The lowest BCUT2D eigenvalue weighted by Crippen LogP contribution is -2.45. The Kier molecular flexibility index (Phi) is 6.35. The molecule has 0 unspecified atom stereocenters. The highest BCUT2D eigenvalue weighted by Gasteiger charge is 2.45. The van der Waals surface area contributed by atoms with Crippen LogP contribution in [0, 0.1) is 5.82 Å². The van der Waals surface area contributed by atoms with Crippen molar-refractivity contribution < 1.29 is 19.1 Å². The third-order valence-corrected chi connectivity index (χ3v) is 5.58. The molecule has 1 aliphatic rings. The number of unbranched alkanes of at least 4 members (excludes halogenated alkanes) is 3. The van der Waals surface area contributed by atoms with Crippen molar-refractivity contribution in [2.45, 2.75) is 44.6 Å². The summed E-state index contributed by atoms with van der Waals surface area (Å²) in [6.45, 7) is 2.44. The number of fused-ring (bicyclic) bond motifs is 1. The van der Waals surface area contributed by atoms with Crippen molar-refractivity contribution in [2.75, 3.05) is 6.54 Å². The molecule has 4 nitrogen and oxygen atoms in total. The van der Waals surface area contributed by atoms with Crippen LogP contribution in [0.2, 0.25) is 5.02 Å². The zero-order chi connectivity index (χ0) is 20.3. The minimum atomic E-state index is -1.11. The van der Waals surface area contributed by atoms with Crippen molar-refractivity contribution in [3.63, 3.8) is 0 Å². The van der Waals surface area contributed by atoms with E-state index in [1.807, 2.05) is 0 Å². The molecule has 6 heteroatoms. The molecule has 0 radical (unpaired) electrons. The van der Waals surface area contributed by atoms with E-state index in [0.717, 1.165) is 25.7 Å². The average Bonchev–Trinajstić information content (AvgIpc) is 2.66. The van der Waals surface area contributed by atoms with Gasteiger partial charge in [0.15, 0.2) is 0 Å². The van der Waals surface area contributed by atoms with E-state index in [-0.39, 0.29) is 16.5 Å². The first kappa shape index (κ1) is 20.3. The zero-order valence-corrected chi connectivity index (χ0v) is 16.5. The van der Waals surface area contributed by atoms with Crippen LogP contribution in [-0.4, -0.2) is 28.4 Å². The Morgan fingerprint density at radius 3 is 2.57 bits per heavy atom. The molecule has 1 amide bonds. The van der Waals surface area contributed by atoms with Gasteiger partial charge in [-0.05, 0) is 30.2 Å². The number of carbonyl (C=O) groups excluding carboxylic acids is 1. The van der Waals surface area contributed by atoms with Crippen molar-refractivity contribution in [3.05, 3.63) is 70.0 Å². The Labute approximate surface area is 168 Å². The van der Waals surface area contributed by atoms with E-state index >= 15 is 0 Å². The third-order valence-electron chi connectivity index (χ3n) is 5.25. The molecule has 2 atom stereocenters. The second-order valence-corrected chi connectivity index (χ2v) is 7.45. The summed E-state index contributed by atoms with van der Waals surface area (Å²) in [5.74, 6) is -3.08. The maximum absolute atomic E-state index is 14.8. The number of nitrogens with zero attached hydrogens (tertiary/aromatic N) is 1. The lowest BCUT2D eigenvalue weighted by molar-refractivity contribution is -0.140. The maximum Gasteiger partial charge on any atom is 0.313 e. The van der Waals surface area contributed by atoms with Crippen molar-refractivity contribution in [2.24, 2.45) is 0 Å². The largest absolute Gasteiger partial charge is 0.481 e. The van der Waals surface area contributed by atoms with Crippen molar-refractivity contribution in [1.29, 1.82) is 0 Å². The van der Waals surface area contributed by atoms with Crippen molar-refractivity contribution in [1.82, 2.24) is 4.90 Å². The van der Waals surface area contributed by atoms with Crippen LogP contribution in [0.15, 0.2) is 42.5 Å². The molecule has 0 spiro atoms. The molecule has 0 bridgehead atoms. The summed E-state index contributed by atoms with van der Waals surface area (Å²) in [6, 6.07) is 9.92. The fourth-order valence-corrected chi connectivity index (χ4v) is 4.20. The number of hydrogen-bond donors (Lipinski definition) is 1. The molecule has 3 rings (SSSR count). The van der Waals surface area contributed by atoms with E-state index in [1.165, 1.54) is 23.1 Å². The summed E-state index contributed by atoms with van der Waals surface area (Å²) in [7, 11) is 0. The van der Waals surface area contributed by atoms with Crippen molar-refractivity contribution >= 4 is 23.5 Å². The predicted molar refractivity (Wildman–Crippen MR) is 106 cm³/mol. The highest BCUT2D eigenvalue weighted by atomic mass is 35.5. The van der Waals surface area contributed by atoms with Gasteiger partial charge in [-0.1, -0.05) is 62.1 Å². The molecule has 0 saturated carbocycles. The number of carboxylic acid groups (broad SMARTS) is 1. The Bertz CT molecular complexity index is 866. The number of amides is 1. The highest BCUT2D eigenvalue weighted by molar-refractivity contribution is 6.31. The first-order valence-corrected chi connectivity index (χ1v) is 9.91. The van der Waals surface area contributed by atoms with Gasteiger partial charge in [0.2, 0.25) is 0 Å². The minimum Gasteiger partial charge on any atom is -0.481 e. The molecular weight excluding hydrogens is 381 g/mol. The number of aliphatic carboxylic acids is 1. The van der Waals surface area contributed by atoms with E-state index in [4.69, 9.17) is 11.6 Å². The van der Waals surface area contributed by atoms with Crippen LogP contribution in [0.1, 0.15) is 66.1 Å². The van der Waals surface area contributed by atoms with Gasteiger partial charge < -0.3 is 10.0 Å². The van der Waals surface area contributed by atoms with E-state index in [0.29, 0.717) is 17.7 Å². The van der Waals surface area contributed by atoms with E-state index < -0.39 is 23.7 Å². The molecule has 2 aromatic rings. The first-order valence-electron chi connectivity index (χ1n) is 9.54. The standard InChI is InChI=1S/C22H23ClFNO3/c1-2-3-4-7-13-25-20(19-16(23)11-8-12-17(19)24)18(22(27)28)14-9-5-6-10-15(14)21(25)26/h5-6,8-12,18,20H,2-4,7,13H2,1H3,(H,27,28)/t18-,20+/m0/s1. The summed E-state index contributed by atoms with van der Waals surface area (Å²) < 4.78 is 14.8. The summed E-state index contributed by atoms with van der Waals surface area (Å²) in [6.07, 6.45) is 3.69. The predicted octanol–water partition coefficient (Wildman–Crippen LogP) is 5.42. The molecule has 0 fully saturated rings. The van der Waals surface area contributed by atoms with Gasteiger partial charge in [-0.3, -0.25) is 9.59 Å². The molecule has 2 aromatic carbocycles. The lowest BCUT2D eigenvalue weighted by Gasteiger charge is -2.41. The van der Waals surface area contributed by atoms with Gasteiger partial charge in [0.25, 0.3) is 5.91 Å². The van der Waals surface area contributed by atoms with E-state index in [2.05, 4.69) is 6.92 Å². The van der Waals surface area contributed by atoms with Gasteiger partial charge in [-0.2, -0.15) is 0 Å². The highest BCUT2D eigenvalue weighted by Crippen LogP contribution is 2.45. The number of rotatable bonds is 7. The zero-order valence-electron chi connectivity index (χ0n) is 15.7. The van der Waals surface area contributed by atoms with E-state index in [9.17, 15) is 19.1 Å². The molecular formula is C22H23ClFNO3. The van der Waals surface area contributed by atoms with Crippen molar-refractivity contribution in [3.8, 4) is 0 Å². The maximum atomic E-state index is 14.8. The molecule has 28 heavy (non-hydrogen) atoms. The normalized spacial score (nSPS) is 18.8. The smallest absolute Gasteiger partial charge is 0.313 e. The number of benzene rings is 2. The average molecular weight is 404 g/mol. The SMILES string of the molecule is CCCCCCN1C(=O)c2ccccc2[C@H](C(=O)O)[C@@H]1c1c(F)cccc1Cl.